The molecular weight excluding hydrogens is 470 g/mol. The third kappa shape index (κ3) is 29.5. The maximum atomic E-state index is 10.4. The van der Waals surface area contributed by atoms with Crippen LogP contribution in [-0.2, 0) is 14.4 Å². The van der Waals surface area contributed by atoms with Gasteiger partial charge in [-0.1, -0.05) is 99.8 Å². The van der Waals surface area contributed by atoms with Gasteiger partial charge in [-0.2, -0.15) is 0 Å². The van der Waals surface area contributed by atoms with E-state index >= 15 is 0 Å². The summed E-state index contributed by atoms with van der Waals surface area (Å²) in [5.74, 6) is -2.26. The number of rotatable bonds is 18. The highest BCUT2D eigenvalue weighted by Crippen LogP contribution is 2.13. The average molecular weight is 528 g/mol. The fourth-order valence-electron chi connectivity index (χ4n) is 3.08. The number of hydrogen-bond acceptors (Lipinski definition) is 4. The summed E-state index contributed by atoms with van der Waals surface area (Å²) in [6, 6.07) is 0. The second-order valence-corrected chi connectivity index (χ2v) is 8.75. The van der Waals surface area contributed by atoms with Crippen molar-refractivity contribution in [3.8, 4) is 0 Å². The molecule has 0 bridgehead atoms. The first kappa shape index (κ1) is 41.6. The molecule has 0 saturated heterocycles. The Labute approximate surface area is 227 Å². The van der Waals surface area contributed by atoms with E-state index < -0.39 is 17.9 Å². The molecule has 0 fully saturated rings. The van der Waals surface area contributed by atoms with Crippen molar-refractivity contribution in [2.24, 2.45) is 17.8 Å². The van der Waals surface area contributed by atoms with E-state index in [0.717, 1.165) is 77.0 Å². The summed E-state index contributed by atoms with van der Waals surface area (Å²) in [6.07, 6.45) is 16.0. The second kappa shape index (κ2) is 31.5. The minimum Gasteiger partial charge on any atom is -0.481 e. The van der Waals surface area contributed by atoms with Gasteiger partial charge in [-0.05, 0) is 38.5 Å². The molecule has 7 heteroatoms. The number of carboxylic acid groups (broad SMARTS) is 3. The maximum absolute atomic E-state index is 10.4. The van der Waals surface area contributed by atoms with Crippen molar-refractivity contribution in [3.05, 3.63) is 38.3 Å². The van der Waals surface area contributed by atoms with Gasteiger partial charge in [0, 0.05) is 18.6 Å². The minimum absolute atomic E-state index is 0.111. The van der Waals surface area contributed by atoms with Crippen LogP contribution in [0.15, 0.2) is 38.3 Å². The highest BCUT2D eigenvalue weighted by Gasteiger charge is 2.14. The first-order valence-electron chi connectivity index (χ1n) is 13.8. The zero-order chi connectivity index (χ0) is 29.6. The zero-order valence-corrected chi connectivity index (χ0v) is 24.6. The highest BCUT2D eigenvalue weighted by atomic mass is 16.4. The lowest BCUT2D eigenvalue weighted by molar-refractivity contribution is -0.143. The van der Waals surface area contributed by atoms with Crippen LogP contribution >= 0.6 is 0 Å². The quantitative estimate of drug-likeness (QED) is 0.163. The van der Waals surface area contributed by atoms with E-state index in [1.165, 1.54) is 0 Å². The summed E-state index contributed by atoms with van der Waals surface area (Å²) in [4.78, 5) is 33.0. The summed E-state index contributed by atoms with van der Waals surface area (Å²) in [5.41, 5.74) is 0. The van der Waals surface area contributed by atoms with Crippen LogP contribution < -0.4 is 0 Å². The maximum Gasteiger partial charge on any atom is 0.306 e. The van der Waals surface area contributed by atoms with Crippen LogP contribution in [0.25, 0.3) is 0 Å². The second-order valence-electron chi connectivity index (χ2n) is 8.75. The molecular formula is C30H57NO6. The number of nitrogens with zero attached hydrogens (tertiary/aromatic N) is 1. The molecule has 3 atom stereocenters. The van der Waals surface area contributed by atoms with Gasteiger partial charge in [-0.25, -0.2) is 0 Å². The molecule has 0 aromatic carbocycles. The highest BCUT2D eigenvalue weighted by molar-refractivity contribution is 5.70. The molecule has 3 N–H and O–H groups in total. The van der Waals surface area contributed by atoms with Gasteiger partial charge in [-0.15, -0.1) is 0 Å². The van der Waals surface area contributed by atoms with Crippen LogP contribution in [0.5, 0.6) is 0 Å². The molecule has 0 aromatic rings. The molecule has 37 heavy (non-hydrogen) atoms. The van der Waals surface area contributed by atoms with Crippen LogP contribution in [0, 0.1) is 17.8 Å². The van der Waals surface area contributed by atoms with Gasteiger partial charge < -0.3 is 20.2 Å². The molecule has 0 aliphatic carbocycles. The van der Waals surface area contributed by atoms with Crippen molar-refractivity contribution in [2.75, 3.05) is 0 Å². The molecule has 218 valence electrons. The predicted molar refractivity (Wildman–Crippen MR) is 155 cm³/mol. The molecule has 0 aromatic heterocycles. The SMILES string of the molecule is C=CN(C=C)C=C.CCCCC(CC)C(=O)O.CCCCC(CC)C(=O)O.CCCCC(CC)C(=O)O. The summed E-state index contributed by atoms with van der Waals surface area (Å²) >= 11 is 0. The van der Waals surface area contributed by atoms with Crippen molar-refractivity contribution in [1.29, 1.82) is 0 Å². The standard InChI is InChI=1S/3C8H16O2.C6H9N/c3*1-3-5-6-7(4-2)8(9)10;1-4-7(5-2)6-3/h3*7H,3-6H2,1-2H3,(H,9,10);4-6H,1-3H2. The smallest absolute Gasteiger partial charge is 0.306 e. The predicted octanol–water partition coefficient (Wildman–Crippen LogP) is 8.58. The normalized spacial score (nSPS) is 11.8. The molecule has 7 nitrogen and oxygen atoms in total. The minimum atomic E-state index is -0.643. The van der Waals surface area contributed by atoms with Crippen molar-refractivity contribution < 1.29 is 29.7 Å². The van der Waals surface area contributed by atoms with Gasteiger partial charge in [-0.3, -0.25) is 14.4 Å². The van der Waals surface area contributed by atoms with Crippen molar-refractivity contribution >= 4 is 17.9 Å². The third-order valence-electron chi connectivity index (χ3n) is 5.88. The van der Waals surface area contributed by atoms with Crippen molar-refractivity contribution in [1.82, 2.24) is 4.90 Å². The van der Waals surface area contributed by atoms with Crippen LogP contribution in [0.1, 0.15) is 119 Å². The lowest BCUT2D eigenvalue weighted by Crippen LogP contribution is -2.11. The summed E-state index contributed by atoms with van der Waals surface area (Å²) in [5, 5.41) is 25.8. The van der Waals surface area contributed by atoms with Crippen LogP contribution in [-0.4, -0.2) is 38.1 Å². The van der Waals surface area contributed by atoms with Crippen LogP contribution in [0.4, 0.5) is 0 Å². The number of carboxylic acids is 3. The van der Waals surface area contributed by atoms with Crippen LogP contribution in [0.2, 0.25) is 0 Å². The van der Waals surface area contributed by atoms with Gasteiger partial charge >= 0.3 is 17.9 Å². The number of unbranched alkanes of at least 4 members (excludes halogenated alkanes) is 3. The van der Waals surface area contributed by atoms with Gasteiger partial charge in [0.15, 0.2) is 0 Å². The molecule has 0 heterocycles. The number of hydrogen-bond donors (Lipinski definition) is 3. The Morgan fingerprint density at radius 3 is 0.865 bits per heavy atom. The Morgan fingerprint density at radius 1 is 0.568 bits per heavy atom. The molecule has 0 aliphatic rings. The Balaban J connectivity index is -0.000000198. The van der Waals surface area contributed by atoms with E-state index in [9.17, 15) is 14.4 Å². The Bertz CT molecular complexity index is 510. The molecule has 0 rings (SSSR count). The van der Waals surface area contributed by atoms with E-state index in [1.807, 2.05) is 20.8 Å². The first-order valence-corrected chi connectivity index (χ1v) is 13.8. The van der Waals surface area contributed by atoms with E-state index in [2.05, 4.69) is 40.5 Å². The van der Waals surface area contributed by atoms with Gasteiger partial charge in [0.2, 0.25) is 0 Å². The van der Waals surface area contributed by atoms with E-state index in [-0.39, 0.29) is 17.8 Å². The van der Waals surface area contributed by atoms with Crippen LogP contribution in [0.3, 0.4) is 0 Å². The summed E-state index contributed by atoms with van der Waals surface area (Å²) in [6.45, 7) is 22.5. The number of carbonyl (C=O) groups is 3. The monoisotopic (exact) mass is 527 g/mol. The van der Waals surface area contributed by atoms with Gasteiger partial charge in [0.05, 0.1) is 17.8 Å². The molecule has 0 saturated carbocycles. The van der Waals surface area contributed by atoms with Gasteiger partial charge in [0.1, 0.15) is 0 Å². The fourth-order valence-corrected chi connectivity index (χ4v) is 3.08. The average Bonchev–Trinajstić information content (AvgIpc) is 2.87. The topological polar surface area (TPSA) is 115 Å². The Morgan fingerprint density at radius 2 is 0.784 bits per heavy atom. The third-order valence-corrected chi connectivity index (χ3v) is 5.88. The molecule has 3 unspecified atom stereocenters. The fraction of sp³-hybridized carbons (Fsp3) is 0.700. The molecule has 0 aliphatic heterocycles. The first-order chi connectivity index (χ1) is 17.5. The van der Waals surface area contributed by atoms with Crippen molar-refractivity contribution in [3.63, 3.8) is 0 Å². The largest absolute Gasteiger partial charge is 0.481 e. The number of aliphatic carboxylic acids is 3. The summed E-state index contributed by atoms with van der Waals surface area (Å²) in [7, 11) is 0. The molecule has 0 radical (unpaired) electrons. The lowest BCUT2D eigenvalue weighted by atomic mass is 10.00. The molecule has 0 spiro atoms. The molecule has 0 amide bonds. The van der Waals surface area contributed by atoms with E-state index in [1.54, 1.807) is 23.5 Å². The Kier molecular flexibility index (Phi) is 35.3. The zero-order valence-electron chi connectivity index (χ0n) is 24.6. The van der Waals surface area contributed by atoms with Crippen molar-refractivity contribution in [2.45, 2.75) is 119 Å². The van der Waals surface area contributed by atoms with E-state index in [0.29, 0.717) is 0 Å². The lowest BCUT2D eigenvalue weighted by Gasteiger charge is -2.06. The summed E-state index contributed by atoms with van der Waals surface area (Å²) < 4.78 is 0. The van der Waals surface area contributed by atoms with E-state index in [4.69, 9.17) is 15.3 Å². The van der Waals surface area contributed by atoms with Gasteiger partial charge in [0.25, 0.3) is 0 Å². The Hall–Kier alpha value is -2.57.